The Balaban J connectivity index is 2.21. The fourth-order valence-electron chi connectivity index (χ4n) is 1.36. The smallest absolute Gasteiger partial charge is 0.333 e. The first-order valence-electron chi connectivity index (χ1n) is 5.16. The lowest BCUT2D eigenvalue weighted by Gasteiger charge is -2.25. The van der Waals surface area contributed by atoms with E-state index in [0.717, 1.165) is 0 Å². The predicted molar refractivity (Wildman–Crippen MR) is 60.9 cm³/mol. The minimum absolute atomic E-state index is 0.196. The Kier molecular flexibility index (Phi) is 4.49. The average molecular weight is 247 g/mol. The van der Waals surface area contributed by atoms with Gasteiger partial charge in [0.1, 0.15) is 6.61 Å². The molecule has 1 aliphatic rings. The Hall–Kier alpha value is -0.880. The van der Waals surface area contributed by atoms with E-state index in [-0.39, 0.29) is 18.1 Å². The first-order chi connectivity index (χ1) is 7.41. The molecular weight excluding hydrogens is 230 g/mol. The molecule has 1 saturated heterocycles. The maximum atomic E-state index is 11.1. The van der Waals surface area contributed by atoms with Crippen LogP contribution in [0, 0.1) is 0 Å². The number of esters is 1. The van der Waals surface area contributed by atoms with Crippen LogP contribution in [0.1, 0.15) is 6.92 Å². The van der Waals surface area contributed by atoms with Crippen molar-refractivity contribution in [3.05, 3.63) is 12.2 Å². The van der Waals surface area contributed by atoms with Gasteiger partial charge in [-0.05, 0) is 6.92 Å². The largest absolute Gasteiger partial charge is 0.461 e. The second-order valence-electron chi connectivity index (χ2n) is 3.91. The molecule has 0 aliphatic carbocycles. The van der Waals surface area contributed by atoms with Crippen LogP contribution < -0.4 is 0 Å². The lowest BCUT2D eigenvalue weighted by atomic mass is 10.4. The first kappa shape index (κ1) is 13.2. The third-order valence-electron chi connectivity index (χ3n) is 2.43. The predicted octanol–water partition coefficient (Wildman–Crippen LogP) is -0.164. The lowest BCUT2D eigenvalue weighted by molar-refractivity contribution is -0.139. The zero-order valence-electron chi connectivity index (χ0n) is 9.44. The van der Waals surface area contributed by atoms with Crippen molar-refractivity contribution in [2.24, 2.45) is 0 Å². The summed E-state index contributed by atoms with van der Waals surface area (Å²) >= 11 is 0. The van der Waals surface area contributed by atoms with Gasteiger partial charge in [0.2, 0.25) is 0 Å². The molecule has 0 radical (unpaired) electrons. The zero-order valence-corrected chi connectivity index (χ0v) is 10.3. The molecule has 0 unspecified atom stereocenters. The molecule has 0 atom stereocenters. The molecule has 0 aromatic carbocycles. The normalized spacial score (nSPS) is 20.3. The van der Waals surface area contributed by atoms with Crippen molar-refractivity contribution in [3.8, 4) is 0 Å². The van der Waals surface area contributed by atoms with Gasteiger partial charge < -0.3 is 4.74 Å². The number of carbonyl (C=O) groups excluding carboxylic acids is 1. The Morgan fingerprint density at radius 2 is 1.94 bits per heavy atom. The van der Waals surface area contributed by atoms with Crippen LogP contribution in [0.4, 0.5) is 0 Å². The monoisotopic (exact) mass is 247 g/mol. The Bertz CT molecular complexity index is 360. The summed E-state index contributed by atoms with van der Waals surface area (Å²) in [5.41, 5.74) is 0.376. The van der Waals surface area contributed by atoms with Gasteiger partial charge in [0.25, 0.3) is 0 Å². The van der Waals surface area contributed by atoms with Gasteiger partial charge in [-0.25, -0.2) is 13.2 Å². The van der Waals surface area contributed by atoms with Gasteiger partial charge in [-0.2, -0.15) is 0 Å². The molecule has 16 heavy (non-hydrogen) atoms. The molecule has 1 fully saturated rings. The molecule has 1 heterocycles. The number of hydrogen-bond donors (Lipinski definition) is 0. The summed E-state index contributed by atoms with van der Waals surface area (Å²) in [6, 6.07) is 0. The summed E-state index contributed by atoms with van der Waals surface area (Å²) in [6.07, 6.45) is 0. The minimum atomic E-state index is -2.83. The maximum Gasteiger partial charge on any atom is 0.333 e. The van der Waals surface area contributed by atoms with Gasteiger partial charge in [-0.15, -0.1) is 0 Å². The van der Waals surface area contributed by atoms with E-state index in [0.29, 0.717) is 25.2 Å². The van der Waals surface area contributed by atoms with E-state index in [9.17, 15) is 13.2 Å². The fraction of sp³-hybridized carbons (Fsp3) is 0.700. The van der Waals surface area contributed by atoms with Crippen LogP contribution in [0.3, 0.4) is 0 Å². The summed E-state index contributed by atoms with van der Waals surface area (Å²) < 4.78 is 27.2. The quantitative estimate of drug-likeness (QED) is 0.510. The SMILES string of the molecule is C=C(C)C(=O)OCCN1CCS(=O)(=O)CC1. The first-order valence-corrected chi connectivity index (χ1v) is 6.98. The molecule has 1 aliphatic heterocycles. The summed E-state index contributed by atoms with van der Waals surface area (Å²) in [6.45, 7) is 6.97. The molecule has 0 amide bonds. The summed E-state index contributed by atoms with van der Waals surface area (Å²) in [5, 5.41) is 0. The van der Waals surface area contributed by atoms with E-state index in [1.807, 2.05) is 4.90 Å². The van der Waals surface area contributed by atoms with Crippen molar-refractivity contribution in [3.63, 3.8) is 0 Å². The van der Waals surface area contributed by atoms with E-state index in [1.165, 1.54) is 0 Å². The summed E-state index contributed by atoms with van der Waals surface area (Å²) in [5.74, 6) is -0.00676. The standard InChI is InChI=1S/C10H17NO4S/c1-9(2)10(12)15-6-3-11-4-7-16(13,14)8-5-11/h1,3-8H2,2H3. The van der Waals surface area contributed by atoms with E-state index in [1.54, 1.807) is 6.92 Å². The van der Waals surface area contributed by atoms with Crippen LogP contribution in [0.25, 0.3) is 0 Å². The van der Waals surface area contributed by atoms with Crippen LogP contribution in [0.15, 0.2) is 12.2 Å². The molecule has 1 rings (SSSR count). The number of carbonyl (C=O) groups is 1. The van der Waals surface area contributed by atoms with Crippen molar-refractivity contribution >= 4 is 15.8 Å². The molecule has 0 bridgehead atoms. The number of sulfone groups is 1. The van der Waals surface area contributed by atoms with E-state index < -0.39 is 15.8 Å². The van der Waals surface area contributed by atoms with E-state index in [2.05, 4.69) is 6.58 Å². The highest BCUT2D eigenvalue weighted by Gasteiger charge is 2.21. The van der Waals surface area contributed by atoms with Gasteiger partial charge in [-0.1, -0.05) is 6.58 Å². The van der Waals surface area contributed by atoms with Gasteiger partial charge in [-0.3, -0.25) is 4.90 Å². The molecule has 0 aromatic heterocycles. The molecule has 92 valence electrons. The molecule has 0 N–H and O–H groups in total. The Labute approximate surface area is 96.0 Å². The number of hydrogen-bond acceptors (Lipinski definition) is 5. The van der Waals surface area contributed by atoms with Crippen LogP contribution >= 0.6 is 0 Å². The van der Waals surface area contributed by atoms with Crippen molar-refractivity contribution in [1.29, 1.82) is 0 Å². The second kappa shape index (κ2) is 5.45. The highest BCUT2D eigenvalue weighted by atomic mass is 32.2. The van der Waals surface area contributed by atoms with Crippen molar-refractivity contribution in [2.75, 3.05) is 37.7 Å². The molecule has 0 spiro atoms. The van der Waals surface area contributed by atoms with E-state index in [4.69, 9.17) is 4.74 Å². The highest BCUT2D eigenvalue weighted by molar-refractivity contribution is 7.91. The van der Waals surface area contributed by atoms with E-state index >= 15 is 0 Å². The third kappa shape index (κ3) is 4.32. The second-order valence-corrected chi connectivity index (χ2v) is 6.21. The summed E-state index contributed by atoms with van der Waals surface area (Å²) in [4.78, 5) is 13.0. The highest BCUT2D eigenvalue weighted by Crippen LogP contribution is 2.03. The molecule has 5 nitrogen and oxygen atoms in total. The zero-order chi connectivity index (χ0) is 12.2. The van der Waals surface area contributed by atoms with Crippen LogP contribution in [0.5, 0.6) is 0 Å². The molecule has 0 aromatic rings. The Morgan fingerprint density at radius 3 is 2.44 bits per heavy atom. The fourth-order valence-corrected chi connectivity index (χ4v) is 2.64. The lowest BCUT2D eigenvalue weighted by Crippen LogP contribution is -2.41. The van der Waals surface area contributed by atoms with Gasteiger partial charge >= 0.3 is 5.97 Å². The summed E-state index contributed by atoms with van der Waals surface area (Å²) in [7, 11) is -2.83. The topological polar surface area (TPSA) is 63.7 Å². The maximum absolute atomic E-state index is 11.1. The van der Waals surface area contributed by atoms with Gasteiger partial charge in [0, 0.05) is 25.2 Å². The van der Waals surface area contributed by atoms with Crippen molar-refractivity contribution in [1.82, 2.24) is 4.90 Å². The van der Waals surface area contributed by atoms with Crippen LogP contribution in [0.2, 0.25) is 0 Å². The van der Waals surface area contributed by atoms with Crippen LogP contribution in [-0.2, 0) is 19.4 Å². The molecule has 0 saturated carbocycles. The Morgan fingerprint density at radius 1 is 1.38 bits per heavy atom. The van der Waals surface area contributed by atoms with Crippen LogP contribution in [-0.4, -0.2) is 57.0 Å². The third-order valence-corrected chi connectivity index (χ3v) is 4.04. The average Bonchev–Trinajstić information content (AvgIpc) is 2.20. The van der Waals surface area contributed by atoms with Crippen molar-refractivity contribution < 1.29 is 17.9 Å². The van der Waals surface area contributed by atoms with Gasteiger partial charge in [0.05, 0.1) is 11.5 Å². The van der Waals surface area contributed by atoms with Crippen molar-refractivity contribution in [2.45, 2.75) is 6.92 Å². The number of rotatable bonds is 4. The molecule has 6 heteroatoms. The molecular formula is C10H17NO4S. The number of ether oxygens (including phenoxy) is 1. The van der Waals surface area contributed by atoms with Gasteiger partial charge in [0.15, 0.2) is 9.84 Å². The minimum Gasteiger partial charge on any atom is -0.461 e. The number of nitrogens with zero attached hydrogens (tertiary/aromatic N) is 1.